The van der Waals surface area contributed by atoms with E-state index in [9.17, 15) is 14.0 Å². The Morgan fingerprint density at radius 1 is 1.34 bits per heavy atom. The topological polar surface area (TPSA) is 55.2 Å². The maximum atomic E-state index is 14.0. The van der Waals surface area contributed by atoms with E-state index in [0.29, 0.717) is 5.39 Å². The quantitative estimate of drug-likeness (QED) is 0.606. The highest BCUT2D eigenvalue weighted by Gasteiger charge is 2.20. The third kappa shape index (κ3) is 3.94. The zero-order valence-electron chi connectivity index (χ0n) is 16.1. The summed E-state index contributed by atoms with van der Waals surface area (Å²) < 4.78 is 15.5. The summed E-state index contributed by atoms with van der Waals surface area (Å²) in [6, 6.07) is 4.45. The molecule has 0 bridgehead atoms. The molecule has 2 aromatic heterocycles. The molecule has 29 heavy (non-hydrogen) atoms. The molecule has 1 aliphatic rings. The van der Waals surface area contributed by atoms with Crippen LogP contribution in [0, 0.1) is 5.82 Å². The third-order valence-corrected chi connectivity index (χ3v) is 6.95. The van der Waals surface area contributed by atoms with Crippen LogP contribution in [0.15, 0.2) is 29.3 Å². The van der Waals surface area contributed by atoms with Crippen LogP contribution in [0.1, 0.15) is 35.3 Å². The molecule has 0 spiro atoms. The average Bonchev–Trinajstić information content (AvgIpc) is 3.09. The fourth-order valence-electron chi connectivity index (χ4n) is 3.76. The number of fused-ring (bicyclic) bond motifs is 3. The zero-order valence-corrected chi connectivity index (χ0v) is 17.7. The lowest BCUT2D eigenvalue weighted by Crippen LogP contribution is -2.29. The molecule has 1 aromatic carbocycles. The molecule has 4 rings (SSSR count). The van der Waals surface area contributed by atoms with Crippen LogP contribution in [-0.4, -0.2) is 27.4 Å². The molecule has 3 aromatic rings. The lowest BCUT2D eigenvalue weighted by Gasteiger charge is -2.18. The van der Waals surface area contributed by atoms with Crippen molar-refractivity contribution >= 4 is 39.1 Å². The second-order valence-electron chi connectivity index (χ2n) is 7.33. The van der Waals surface area contributed by atoms with Crippen LogP contribution < -0.4 is 5.56 Å². The fourth-order valence-corrected chi connectivity index (χ4v) is 5.20. The number of aromatic nitrogens is 2. The summed E-state index contributed by atoms with van der Waals surface area (Å²) in [7, 11) is 1.60. The van der Waals surface area contributed by atoms with Gasteiger partial charge in [-0.3, -0.25) is 14.2 Å². The molecule has 152 valence electrons. The molecule has 2 heterocycles. The molecular weight excluding hydrogens is 413 g/mol. The van der Waals surface area contributed by atoms with Crippen molar-refractivity contribution in [3.8, 4) is 0 Å². The van der Waals surface area contributed by atoms with Gasteiger partial charge in [0.15, 0.2) is 0 Å². The molecule has 0 aliphatic heterocycles. The Morgan fingerprint density at radius 2 is 2.14 bits per heavy atom. The summed E-state index contributed by atoms with van der Waals surface area (Å²) in [4.78, 5) is 33.4. The summed E-state index contributed by atoms with van der Waals surface area (Å²) in [5, 5.41) is 1.00. The second kappa shape index (κ2) is 8.24. The standard InChI is InChI=1S/C21H21ClFN3O2S/c1-25(11-14-15(22)6-4-7-16(14)23)18(27)9-10-26-12-24-20-19(21(26)28)13-5-2-3-8-17(13)29-20/h4,6-7,12H,2-3,5,8-11H2,1H3. The molecule has 1 amide bonds. The number of rotatable bonds is 5. The first-order valence-corrected chi connectivity index (χ1v) is 10.8. The normalized spacial score (nSPS) is 13.5. The van der Waals surface area contributed by atoms with Crippen molar-refractivity contribution < 1.29 is 9.18 Å². The molecule has 0 fully saturated rings. The fraction of sp³-hybridized carbons (Fsp3) is 0.381. The number of carbonyl (C=O) groups excluding carboxylic acids is 1. The van der Waals surface area contributed by atoms with E-state index < -0.39 is 5.82 Å². The van der Waals surface area contributed by atoms with Crippen molar-refractivity contribution in [2.24, 2.45) is 0 Å². The van der Waals surface area contributed by atoms with Gasteiger partial charge in [0.25, 0.3) is 5.56 Å². The van der Waals surface area contributed by atoms with Gasteiger partial charge in [0.05, 0.1) is 11.7 Å². The van der Waals surface area contributed by atoms with Crippen LogP contribution in [0.5, 0.6) is 0 Å². The number of halogens is 2. The number of nitrogens with zero attached hydrogens (tertiary/aromatic N) is 3. The van der Waals surface area contributed by atoms with E-state index in [1.165, 1.54) is 32.8 Å². The lowest BCUT2D eigenvalue weighted by atomic mass is 9.97. The smallest absolute Gasteiger partial charge is 0.262 e. The average molecular weight is 434 g/mol. The molecule has 1 aliphatic carbocycles. The van der Waals surface area contributed by atoms with Gasteiger partial charge in [0, 0.05) is 42.0 Å². The van der Waals surface area contributed by atoms with E-state index in [4.69, 9.17) is 11.6 Å². The van der Waals surface area contributed by atoms with E-state index in [1.807, 2.05) is 0 Å². The minimum absolute atomic E-state index is 0.0779. The molecule has 0 saturated heterocycles. The van der Waals surface area contributed by atoms with Crippen LogP contribution in [0.4, 0.5) is 4.39 Å². The highest BCUT2D eigenvalue weighted by Crippen LogP contribution is 2.33. The van der Waals surface area contributed by atoms with Crippen molar-refractivity contribution in [1.82, 2.24) is 14.5 Å². The molecule has 0 radical (unpaired) electrons. The first-order chi connectivity index (χ1) is 14.0. The first-order valence-electron chi connectivity index (χ1n) is 9.62. The van der Waals surface area contributed by atoms with Crippen LogP contribution >= 0.6 is 22.9 Å². The number of benzene rings is 1. The Morgan fingerprint density at radius 3 is 2.93 bits per heavy atom. The second-order valence-corrected chi connectivity index (χ2v) is 8.83. The Hall–Kier alpha value is -2.25. The number of hydrogen-bond acceptors (Lipinski definition) is 4. The van der Waals surface area contributed by atoms with Crippen LogP contribution in [-0.2, 0) is 30.7 Å². The van der Waals surface area contributed by atoms with Crippen LogP contribution in [0.2, 0.25) is 5.02 Å². The number of carbonyl (C=O) groups is 1. The molecule has 0 N–H and O–H groups in total. The van der Waals surface area contributed by atoms with Crippen molar-refractivity contribution in [2.45, 2.75) is 45.2 Å². The summed E-state index contributed by atoms with van der Waals surface area (Å²) in [6.07, 6.45) is 5.82. The van der Waals surface area contributed by atoms with Gasteiger partial charge < -0.3 is 4.90 Å². The first kappa shape index (κ1) is 20.0. The van der Waals surface area contributed by atoms with Crippen molar-refractivity contribution in [3.05, 3.63) is 61.7 Å². The number of hydrogen-bond donors (Lipinski definition) is 0. The van der Waals surface area contributed by atoms with Gasteiger partial charge >= 0.3 is 0 Å². The Labute approximate surface area is 176 Å². The van der Waals surface area contributed by atoms with Crippen molar-refractivity contribution in [3.63, 3.8) is 0 Å². The van der Waals surface area contributed by atoms with E-state index in [2.05, 4.69) is 4.98 Å². The molecule has 0 saturated carbocycles. The predicted octanol–water partition coefficient (Wildman–Crippen LogP) is 4.18. The summed E-state index contributed by atoms with van der Waals surface area (Å²) in [5.41, 5.74) is 1.35. The van der Waals surface area contributed by atoms with E-state index in [0.717, 1.165) is 36.1 Å². The molecule has 0 atom stereocenters. The minimum Gasteiger partial charge on any atom is -0.341 e. The van der Waals surface area contributed by atoms with Crippen LogP contribution in [0.25, 0.3) is 10.2 Å². The van der Waals surface area contributed by atoms with Gasteiger partial charge in [0.1, 0.15) is 10.6 Å². The largest absolute Gasteiger partial charge is 0.341 e. The summed E-state index contributed by atoms with van der Waals surface area (Å²) >= 11 is 7.65. The Balaban J connectivity index is 1.48. The van der Waals surface area contributed by atoms with Crippen LogP contribution in [0.3, 0.4) is 0 Å². The summed E-state index contributed by atoms with van der Waals surface area (Å²) in [6.45, 7) is 0.315. The van der Waals surface area contributed by atoms with Gasteiger partial charge in [-0.1, -0.05) is 17.7 Å². The molecule has 8 heteroatoms. The number of aryl methyl sites for hydroxylation is 3. The molecule has 0 unspecified atom stereocenters. The van der Waals surface area contributed by atoms with Crippen molar-refractivity contribution in [1.29, 1.82) is 0 Å². The van der Waals surface area contributed by atoms with Gasteiger partial charge in [0.2, 0.25) is 5.91 Å². The lowest BCUT2D eigenvalue weighted by molar-refractivity contribution is -0.130. The van der Waals surface area contributed by atoms with E-state index >= 15 is 0 Å². The number of thiophene rings is 1. The SMILES string of the molecule is CN(Cc1c(F)cccc1Cl)C(=O)CCn1cnc2sc3c(c2c1=O)CCCC3. The minimum atomic E-state index is -0.440. The monoisotopic (exact) mass is 433 g/mol. The van der Waals surface area contributed by atoms with E-state index in [1.54, 1.807) is 24.5 Å². The Bertz CT molecular complexity index is 1120. The maximum absolute atomic E-state index is 14.0. The van der Waals surface area contributed by atoms with Crippen molar-refractivity contribution in [2.75, 3.05) is 7.05 Å². The Kier molecular flexibility index (Phi) is 5.69. The highest BCUT2D eigenvalue weighted by atomic mass is 35.5. The van der Waals surface area contributed by atoms with Gasteiger partial charge in [-0.25, -0.2) is 9.37 Å². The highest BCUT2D eigenvalue weighted by molar-refractivity contribution is 7.18. The van der Waals surface area contributed by atoms with Gasteiger partial charge in [-0.2, -0.15) is 0 Å². The van der Waals surface area contributed by atoms with E-state index in [-0.39, 0.29) is 41.6 Å². The van der Waals surface area contributed by atoms with Gasteiger partial charge in [-0.15, -0.1) is 11.3 Å². The number of amides is 1. The zero-order chi connectivity index (χ0) is 20.5. The third-order valence-electron chi connectivity index (χ3n) is 5.39. The summed E-state index contributed by atoms with van der Waals surface area (Å²) in [5.74, 6) is -0.631. The predicted molar refractivity (Wildman–Crippen MR) is 113 cm³/mol. The maximum Gasteiger partial charge on any atom is 0.262 e. The molecule has 5 nitrogen and oxygen atoms in total. The van der Waals surface area contributed by atoms with Gasteiger partial charge in [-0.05, 0) is 43.4 Å². The molecular formula is C21H21ClFN3O2S.